The Kier molecular flexibility index (Phi) is 5.15. The normalized spacial score (nSPS) is 14.4. The van der Waals surface area contributed by atoms with Crippen molar-refractivity contribution < 1.29 is 4.74 Å². The lowest BCUT2D eigenvalue weighted by molar-refractivity contribution is 0.415. The van der Waals surface area contributed by atoms with E-state index >= 15 is 0 Å². The van der Waals surface area contributed by atoms with Crippen LogP contribution in [0.4, 0.5) is 17.3 Å². The van der Waals surface area contributed by atoms with E-state index in [-0.39, 0.29) is 0 Å². The minimum absolute atomic E-state index is 0.696. The number of hydrogen-bond acceptors (Lipinski definition) is 6. The van der Waals surface area contributed by atoms with Crippen molar-refractivity contribution in [2.24, 2.45) is 0 Å². The smallest absolute Gasteiger partial charge is 0.134 e. The van der Waals surface area contributed by atoms with Crippen LogP contribution in [0.15, 0.2) is 49.3 Å². The molecule has 1 saturated heterocycles. The van der Waals surface area contributed by atoms with Gasteiger partial charge in [-0.3, -0.25) is 0 Å². The molecule has 0 spiro atoms. The van der Waals surface area contributed by atoms with Gasteiger partial charge in [-0.05, 0) is 24.3 Å². The quantitative estimate of drug-likeness (QED) is 0.823. The molecule has 1 N–H and O–H groups in total. The van der Waals surface area contributed by atoms with E-state index in [4.69, 9.17) is 4.74 Å². The van der Waals surface area contributed by atoms with Gasteiger partial charge in [-0.15, -0.1) is 6.58 Å². The molecule has 126 valence electrons. The molecule has 0 unspecified atom stereocenters. The Morgan fingerprint density at radius 3 is 2.50 bits per heavy atom. The zero-order valence-corrected chi connectivity index (χ0v) is 14.0. The Bertz CT molecular complexity index is 665. The van der Waals surface area contributed by atoms with Gasteiger partial charge in [0.2, 0.25) is 0 Å². The predicted molar refractivity (Wildman–Crippen MR) is 98.1 cm³/mol. The summed E-state index contributed by atoms with van der Waals surface area (Å²) in [6.07, 6.45) is 3.42. The minimum atomic E-state index is 0.696. The topological polar surface area (TPSA) is 53.5 Å². The number of piperazine rings is 1. The van der Waals surface area contributed by atoms with Crippen molar-refractivity contribution >= 4 is 17.3 Å². The number of nitrogens with one attached hydrogen (secondary N) is 1. The van der Waals surface area contributed by atoms with Gasteiger partial charge in [-0.25, -0.2) is 9.97 Å². The van der Waals surface area contributed by atoms with Crippen LogP contribution >= 0.6 is 0 Å². The fourth-order valence-corrected chi connectivity index (χ4v) is 2.78. The summed E-state index contributed by atoms with van der Waals surface area (Å²) >= 11 is 0. The highest BCUT2D eigenvalue weighted by Gasteiger charge is 2.18. The summed E-state index contributed by atoms with van der Waals surface area (Å²) in [5.41, 5.74) is 1.23. The Balaban J connectivity index is 1.61. The summed E-state index contributed by atoms with van der Waals surface area (Å²) in [6.45, 7) is 8.20. The first kappa shape index (κ1) is 16.1. The first-order valence-electron chi connectivity index (χ1n) is 8.11. The van der Waals surface area contributed by atoms with E-state index in [0.717, 1.165) is 43.6 Å². The van der Waals surface area contributed by atoms with Crippen LogP contribution in [-0.4, -0.2) is 49.8 Å². The van der Waals surface area contributed by atoms with Crippen LogP contribution in [0.3, 0.4) is 0 Å². The van der Waals surface area contributed by atoms with Crippen molar-refractivity contribution in [2.75, 3.05) is 55.0 Å². The Morgan fingerprint density at radius 1 is 1.12 bits per heavy atom. The number of anilines is 3. The number of rotatable bonds is 6. The molecule has 6 nitrogen and oxygen atoms in total. The zero-order chi connectivity index (χ0) is 16.8. The van der Waals surface area contributed by atoms with Gasteiger partial charge in [-0.1, -0.05) is 6.08 Å². The summed E-state index contributed by atoms with van der Waals surface area (Å²) in [5, 5.41) is 3.20. The number of hydrogen-bond donors (Lipinski definition) is 1. The van der Waals surface area contributed by atoms with Gasteiger partial charge >= 0.3 is 0 Å². The lowest BCUT2D eigenvalue weighted by Gasteiger charge is -2.36. The molecule has 2 heterocycles. The Labute approximate surface area is 142 Å². The lowest BCUT2D eigenvalue weighted by atomic mass is 10.2. The van der Waals surface area contributed by atoms with Crippen LogP contribution in [0.25, 0.3) is 0 Å². The Morgan fingerprint density at radius 2 is 1.83 bits per heavy atom. The molecule has 0 saturated carbocycles. The van der Waals surface area contributed by atoms with Crippen molar-refractivity contribution in [3.8, 4) is 5.75 Å². The van der Waals surface area contributed by atoms with Gasteiger partial charge in [0.15, 0.2) is 0 Å². The van der Waals surface area contributed by atoms with Crippen LogP contribution in [0.5, 0.6) is 5.75 Å². The molecule has 0 amide bonds. The molecule has 2 aromatic rings. The van der Waals surface area contributed by atoms with Gasteiger partial charge in [0.05, 0.1) is 7.11 Å². The average molecular weight is 325 g/mol. The molecule has 1 aliphatic heterocycles. The largest absolute Gasteiger partial charge is 0.497 e. The molecular formula is C18H23N5O. The second-order valence-electron chi connectivity index (χ2n) is 5.60. The average Bonchev–Trinajstić information content (AvgIpc) is 2.67. The summed E-state index contributed by atoms with van der Waals surface area (Å²) in [7, 11) is 1.69. The van der Waals surface area contributed by atoms with Crippen molar-refractivity contribution in [2.45, 2.75) is 0 Å². The number of aromatic nitrogens is 2. The summed E-state index contributed by atoms with van der Waals surface area (Å²) in [5.74, 6) is 2.68. The van der Waals surface area contributed by atoms with E-state index in [2.05, 4.69) is 43.8 Å². The zero-order valence-electron chi connectivity index (χ0n) is 14.0. The van der Waals surface area contributed by atoms with Crippen molar-refractivity contribution in [1.82, 2.24) is 9.97 Å². The maximum Gasteiger partial charge on any atom is 0.134 e. The third-order valence-corrected chi connectivity index (χ3v) is 4.12. The molecule has 0 bridgehead atoms. The monoisotopic (exact) mass is 325 g/mol. The van der Waals surface area contributed by atoms with E-state index in [1.54, 1.807) is 13.4 Å². The van der Waals surface area contributed by atoms with Crippen molar-refractivity contribution in [3.05, 3.63) is 49.3 Å². The van der Waals surface area contributed by atoms with Crippen LogP contribution in [0.1, 0.15) is 0 Å². The van der Waals surface area contributed by atoms with E-state index < -0.39 is 0 Å². The van der Waals surface area contributed by atoms with E-state index in [9.17, 15) is 0 Å². The first-order chi connectivity index (χ1) is 11.8. The fraction of sp³-hybridized carbons (Fsp3) is 0.333. The van der Waals surface area contributed by atoms with Crippen LogP contribution in [0, 0.1) is 0 Å². The molecule has 6 heteroatoms. The highest BCUT2D eigenvalue weighted by molar-refractivity contribution is 5.53. The SMILES string of the molecule is C=CCNc1cc(N2CCN(c3ccc(OC)cc3)CC2)ncn1. The summed E-state index contributed by atoms with van der Waals surface area (Å²) in [4.78, 5) is 13.3. The van der Waals surface area contributed by atoms with Gasteiger partial charge in [-0.2, -0.15) is 0 Å². The van der Waals surface area contributed by atoms with E-state index in [0.29, 0.717) is 6.54 Å². The third-order valence-electron chi connectivity index (χ3n) is 4.12. The molecule has 0 aliphatic carbocycles. The highest BCUT2D eigenvalue weighted by Crippen LogP contribution is 2.22. The number of nitrogens with zero attached hydrogens (tertiary/aromatic N) is 4. The fourth-order valence-electron chi connectivity index (χ4n) is 2.78. The van der Waals surface area contributed by atoms with Crippen LogP contribution in [-0.2, 0) is 0 Å². The van der Waals surface area contributed by atoms with E-state index in [1.165, 1.54) is 5.69 Å². The second-order valence-corrected chi connectivity index (χ2v) is 5.60. The second kappa shape index (κ2) is 7.68. The van der Waals surface area contributed by atoms with Crippen LogP contribution in [0.2, 0.25) is 0 Å². The number of ether oxygens (including phenoxy) is 1. The molecule has 1 aliphatic rings. The van der Waals surface area contributed by atoms with Gasteiger partial charge in [0, 0.05) is 44.5 Å². The number of methoxy groups -OCH3 is 1. The van der Waals surface area contributed by atoms with Crippen molar-refractivity contribution in [1.29, 1.82) is 0 Å². The van der Waals surface area contributed by atoms with Gasteiger partial charge in [0.25, 0.3) is 0 Å². The molecule has 24 heavy (non-hydrogen) atoms. The lowest BCUT2D eigenvalue weighted by Crippen LogP contribution is -2.46. The molecule has 1 fully saturated rings. The predicted octanol–water partition coefficient (Wildman–Crippen LogP) is 2.41. The molecule has 0 radical (unpaired) electrons. The molecule has 1 aromatic heterocycles. The maximum absolute atomic E-state index is 5.22. The highest BCUT2D eigenvalue weighted by atomic mass is 16.5. The minimum Gasteiger partial charge on any atom is -0.497 e. The van der Waals surface area contributed by atoms with Gasteiger partial charge < -0.3 is 19.9 Å². The molecule has 3 rings (SSSR count). The molecular weight excluding hydrogens is 302 g/mol. The molecule has 0 atom stereocenters. The first-order valence-corrected chi connectivity index (χ1v) is 8.11. The van der Waals surface area contributed by atoms with E-state index in [1.807, 2.05) is 24.3 Å². The summed E-state index contributed by atoms with van der Waals surface area (Å²) < 4.78 is 5.22. The molecule has 1 aromatic carbocycles. The van der Waals surface area contributed by atoms with Gasteiger partial charge in [0.1, 0.15) is 23.7 Å². The maximum atomic E-state index is 5.22. The number of benzene rings is 1. The van der Waals surface area contributed by atoms with Crippen molar-refractivity contribution in [3.63, 3.8) is 0 Å². The Hall–Kier alpha value is -2.76. The van der Waals surface area contributed by atoms with Crippen LogP contribution < -0.4 is 19.9 Å². The standard InChI is InChI=1S/C18H23N5O/c1-3-8-19-17-13-18(21-14-20-17)23-11-9-22(10-12-23)15-4-6-16(24-2)7-5-15/h3-7,13-14H,1,8-12H2,2H3,(H,19,20,21). The third kappa shape index (κ3) is 3.76. The summed E-state index contributed by atoms with van der Waals surface area (Å²) in [6, 6.07) is 10.2.